The Kier molecular flexibility index (Phi) is 6.57. The summed E-state index contributed by atoms with van der Waals surface area (Å²) >= 11 is 1.64. The molecule has 20 heavy (non-hydrogen) atoms. The molecule has 0 saturated carbocycles. The monoisotopic (exact) mass is 298 g/mol. The first-order valence-electron chi connectivity index (χ1n) is 6.58. The zero-order valence-corrected chi connectivity index (χ0v) is 13.2. The maximum atomic E-state index is 12.3. The Balaban J connectivity index is 2.78. The number of amides is 2. The second-order valence-electron chi connectivity index (χ2n) is 4.52. The third-order valence-electron chi connectivity index (χ3n) is 2.87. The van der Waals surface area contributed by atoms with E-state index < -0.39 is 6.04 Å². The molecular formula is C13H22N4O2S. The quantitative estimate of drug-likeness (QED) is 0.798. The second-order valence-corrected chi connectivity index (χ2v) is 5.50. The van der Waals surface area contributed by atoms with Gasteiger partial charge < -0.3 is 10.6 Å². The summed E-state index contributed by atoms with van der Waals surface area (Å²) in [4.78, 5) is 23.5. The van der Waals surface area contributed by atoms with Crippen LogP contribution in [0.15, 0.2) is 6.20 Å². The molecule has 0 saturated heterocycles. The van der Waals surface area contributed by atoms with Gasteiger partial charge in [-0.3, -0.25) is 9.59 Å². The van der Waals surface area contributed by atoms with Crippen LogP contribution in [0.3, 0.4) is 0 Å². The first kappa shape index (κ1) is 16.6. The van der Waals surface area contributed by atoms with Gasteiger partial charge in [0, 0.05) is 19.0 Å². The molecule has 112 valence electrons. The predicted molar refractivity (Wildman–Crippen MR) is 81.9 cm³/mol. The van der Waals surface area contributed by atoms with E-state index >= 15 is 0 Å². The van der Waals surface area contributed by atoms with Gasteiger partial charge in [0.05, 0.1) is 6.20 Å². The zero-order chi connectivity index (χ0) is 15.1. The van der Waals surface area contributed by atoms with Gasteiger partial charge in [-0.1, -0.05) is 0 Å². The number of aryl methyl sites for hydroxylation is 2. The summed E-state index contributed by atoms with van der Waals surface area (Å²) in [6, 6.07) is -0.514. The van der Waals surface area contributed by atoms with Crippen LogP contribution < -0.4 is 10.6 Å². The first-order valence-corrected chi connectivity index (χ1v) is 7.98. The van der Waals surface area contributed by atoms with Crippen molar-refractivity contribution in [3.8, 4) is 0 Å². The molecule has 0 aromatic carbocycles. The summed E-state index contributed by atoms with van der Waals surface area (Å²) in [6.45, 7) is 5.95. The fourth-order valence-corrected chi connectivity index (χ4v) is 2.31. The van der Waals surface area contributed by atoms with Crippen LogP contribution in [0.2, 0.25) is 0 Å². The van der Waals surface area contributed by atoms with Crippen LogP contribution in [0, 0.1) is 6.92 Å². The highest BCUT2D eigenvalue weighted by atomic mass is 32.2. The Labute approximate surface area is 123 Å². The number of thioether (sulfide) groups is 1. The van der Waals surface area contributed by atoms with Gasteiger partial charge in [-0.05, 0) is 32.3 Å². The van der Waals surface area contributed by atoms with Crippen LogP contribution >= 0.6 is 11.8 Å². The van der Waals surface area contributed by atoms with Crippen molar-refractivity contribution in [2.45, 2.75) is 39.8 Å². The smallest absolute Gasteiger partial charge is 0.248 e. The largest absolute Gasteiger partial charge is 0.345 e. The maximum Gasteiger partial charge on any atom is 0.248 e. The van der Waals surface area contributed by atoms with Crippen molar-refractivity contribution in [1.82, 2.24) is 15.1 Å². The van der Waals surface area contributed by atoms with Crippen molar-refractivity contribution < 1.29 is 9.59 Å². The number of carbonyl (C=O) groups is 2. The Hall–Kier alpha value is -1.50. The molecule has 0 aliphatic carbocycles. The normalized spacial score (nSPS) is 12.0. The predicted octanol–water partition coefficient (Wildman–Crippen LogP) is 1.41. The Morgan fingerprint density at radius 1 is 1.50 bits per heavy atom. The van der Waals surface area contributed by atoms with Crippen molar-refractivity contribution in [2.24, 2.45) is 0 Å². The Morgan fingerprint density at radius 3 is 2.75 bits per heavy atom. The van der Waals surface area contributed by atoms with Gasteiger partial charge in [0.1, 0.15) is 11.9 Å². The molecule has 1 aromatic heterocycles. The molecule has 7 heteroatoms. The van der Waals surface area contributed by atoms with Crippen LogP contribution in [-0.2, 0) is 16.1 Å². The van der Waals surface area contributed by atoms with Crippen LogP contribution in [-0.4, -0.2) is 39.6 Å². The van der Waals surface area contributed by atoms with E-state index in [0.29, 0.717) is 18.8 Å². The summed E-state index contributed by atoms with van der Waals surface area (Å²) in [5, 5.41) is 9.73. The van der Waals surface area contributed by atoms with Crippen LogP contribution in [0.25, 0.3) is 0 Å². The number of hydrogen-bond acceptors (Lipinski definition) is 4. The lowest BCUT2D eigenvalue weighted by molar-refractivity contribution is -0.125. The lowest BCUT2D eigenvalue weighted by Gasteiger charge is -2.18. The average molecular weight is 298 g/mol. The van der Waals surface area contributed by atoms with Crippen molar-refractivity contribution >= 4 is 29.4 Å². The number of nitrogens with zero attached hydrogens (tertiary/aromatic N) is 2. The molecule has 1 atom stereocenters. The Bertz CT molecular complexity index is 473. The van der Waals surface area contributed by atoms with Gasteiger partial charge >= 0.3 is 0 Å². The summed E-state index contributed by atoms with van der Waals surface area (Å²) in [5.41, 5.74) is 0.909. The summed E-state index contributed by atoms with van der Waals surface area (Å²) in [7, 11) is 0. The Morgan fingerprint density at radius 2 is 2.20 bits per heavy atom. The second kappa shape index (κ2) is 7.94. The van der Waals surface area contributed by atoms with Crippen molar-refractivity contribution in [1.29, 1.82) is 0 Å². The number of rotatable bonds is 7. The number of aromatic nitrogens is 2. The highest BCUT2D eigenvalue weighted by Crippen LogP contribution is 2.14. The van der Waals surface area contributed by atoms with E-state index in [1.807, 2.05) is 20.1 Å². The van der Waals surface area contributed by atoms with Crippen molar-refractivity contribution in [2.75, 3.05) is 17.3 Å². The van der Waals surface area contributed by atoms with Crippen LogP contribution in [0.5, 0.6) is 0 Å². The SMILES string of the molecule is CCn1ncc(C)c1NC(=O)[C@H](CCSC)NC(C)=O. The van der Waals surface area contributed by atoms with Crippen LogP contribution in [0.4, 0.5) is 5.82 Å². The van der Waals surface area contributed by atoms with Gasteiger partial charge in [-0.25, -0.2) is 4.68 Å². The maximum absolute atomic E-state index is 12.3. The summed E-state index contributed by atoms with van der Waals surface area (Å²) in [5.74, 6) is 1.10. The molecule has 0 fully saturated rings. The molecule has 0 bridgehead atoms. The molecule has 2 amide bonds. The van der Waals surface area contributed by atoms with Gasteiger partial charge in [-0.15, -0.1) is 0 Å². The molecule has 6 nitrogen and oxygen atoms in total. The molecule has 0 spiro atoms. The van der Waals surface area contributed by atoms with E-state index in [1.165, 1.54) is 6.92 Å². The fourth-order valence-electron chi connectivity index (χ4n) is 1.84. The number of nitrogens with one attached hydrogen (secondary N) is 2. The van der Waals surface area contributed by atoms with E-state index in [0.717, 1.165) is 11.3 Å². The summed E-state index contributed by atoms with van der Waals surface area (Å²) in [6.07, 6.45) is 4.29. The number of anilines is 1. The van der Waals surface area contributed by atoms with E-state index in [1.54, 1.807) is 22.6 Å². The first-order chi connectivity index (χ1) is 9.49. The minimum atomic E-state index is -0.514. The van der Waals surface area contributed by atoms with Gasteiger partial charge in [-0.2, -0.15) is 16.9 Å². The molecular weight excluding hydrogens is 276 g/mol. The van der Waals surface area contributed by atoms with Gasteiger partial charge in [0.15, 0.2) is 0 Å². The molecule has 0 aliphatic heterocycles. The minimum absolute atomic E-state index is 0.201. The van der Waals surface area contributed by atoms with Gasteiger partial charge in [0.2, 0.25) is 11.8 Å². The molecule has 1 heterocycles. The fraction of sp³-hybridized carbons (Fsp3) is 0.615. The summed E-state index contributed by atoms with van der Waals surface area (Å²) < 4.78 is 1.73. The van der Waals surface area contributed by atoms with Crippen molar-refractivity contribution in [3.63, 3.8) is 0 Å². The zero-order valence-electron chi connectivity index (χ0n) is 12.4. The molecule has 2 N–H and O–H groups in total. The third-order valence-corrected chi connectivity index (χ3v) is 3.51. The van der Waals surface area contributed by atoms with Crippen LogP contribution in [0.1, 0.15) is 25.8 Å². The topological polar surface area (TPSA) is 76.0 Å². The molecule has 0 aliphatic rings. The van der Waals surface area contributed by atoms with E-state index in [-0.39, 0.29) is 11.8 Å². The van der Waals surface area contributed by atoms with Gasteiger partial charge in [0.25, 0.3) is 0 Å². The molecule has 0 unspecified atom stereocenters. The van der Waals surface area contributed by atoms with E-state index in [9.17, 15) is 9.59 Å². The highest BCUT2D eigenvalue weighted by molar-refractivity contribution is 7.98. The lowest BCUT2D eigenvalue weighted by Crippen LogP contribution is -2.43. The molecule has 0 radical (unpaired) electrons. The molecule has 1 aromatic rings. The standard InChI is InChI=1S/C13H22N4O2S/c1-5-17-12(9(2)8-14-17)16-13(19)11(6-7-20-4)15-10(3)18/h8,11H,5-7H2,1-4H3,(H,15,18)(H,16,19)/t11-/m0/s1. The van der Waals surface area contributed by atoms with Crippen molar-refractivity contribution in [3.05, 3.63) is 11.8 Å². The minimum Gasteiger partial charge on any atom is -0.345 e. The lowest BCUT2D eigenvalue weighted by atomic mass is 10.2. The average Bonchev–Trinajstić information content (AvgIpc) is 2.75. The van der Waals surface area contributed by atoms with E-state index in [2.05, 4.69) is 15.7 Å². The van der Waals surface area contributed by atoms with E-state index in [4.69, 9.17) is 0 Å². The third kappa shape index (κ3) is 4.56. The molecule has 1 rings (SSSR count). The highest BCUT2D eigenvalue weighted by Gasteiger charge is 2.21. The number of hydrogen-bond donors (Lipinski definition) is 2. The number of carbonyl (C=O) groups excluding carboxylic acids is 2.